The molecule has 2 rings (SSSR count). The van der Waals surface area contributed by atoms with Crippen LogP contribution in [0.25, 0.3) is 0 Å². The minimum absolute atomic E-state index is 0.0412. The Morgan fingerprint density at radius 3 is 2.65 bits per heavy atom. The summed E-state index contributed by atoms with van der Waals surface area (Å²) in [4.78, 5) is 14.9. The van der Waals surface area contributed by atoms with E-state index in [2.05, 4.69) is 32.3 Å². The molecule has 20 heavy (non-hydrogen) atoms. The summed E-state index contributed by atoms with van der Waals surface area (Å²) in [5.74, 6) is -0.279. The van der Waals surface area contributed by atoms with Crippen molar-refractivity contribution in [1.82, 2.24) is 4.90 Å². The minimum atomic E-state index is -0.279. The summed E-state index contributed by atoms with van der Waals surface area (Å²) in [5, 5.41) is 2.06. The van der Waals surface area contributed by atoms with E-state index in [0.717, 1.165) is 17.3 Å². The molecule has 1 saturated carbocycles. The molecule has 0 aromatic carbocycles. The number of nitrogens with zero attached hydrogens (tertiary/aromatic N) is 1. The van der Waals surface area contributed by atoms with Crippen molar-refractivity contribution in [3.8, 4) is 0 Å². The SMILES string of the molecule is CC(N)C(c1cc(Br)cs1)N(CC(N)=O)C1CCCC1. The number of hydrogen-bond acceptors (Lipinski definition) is 4. The van der Waals surface area contributed by atoms with Gasteiger partial charge in [0.1, 0.15) is 0 Å². The maximum Gasteiger partial charge on any atom is 0.231 e. The first-order chi connectivity index (χ1) is 9.49. The molecule has 1 aliphatic carbocycles. The van der Waals surface area contributed by atoms with Crippen LogP contribution in [0, 0.1) is 0 Å². The molecule has 1 aliphatic rings. The normalized spacial score (nSPS) is 19.4. The number of amides is 1. The quantitative estimate of drug-likeness (QED) is 0.819. The number of rotatable bonds is 6. The van der Waals surface area contributed by atoms with Crippen LogP contribution in [0.4, 0.5) is 0 Å². The molecular formula is C14H22BrN3OS. The topological polar surface area (TPSA) is 72.3 Å². The van der Waals surface area contributed by atoms with E-state index in [0.29, 0.717) is 6.04 Å². The second-order valence-corrected chi connectivity index (χ2v) is 7.41. The van der Waals surface area contributed by atoms with Gasteiger partial charge in [0.25, 0.3) is 0 Å². The summed E-state index contributed by atoms with van der Waals surface area (Å²) in [7, 11) is 0. The Labute approximate surface area is 132 Å². The molecular weight excluding hydrogens is 338 g/mol. The van der Waals surface area contributed by atoms with Gasteiger partial charge in [-0.05, 0) is 41.8 Å². The van der Waals surface area contributed by atoms with Crippen molar-refractivity contribution < 1.29 is 4.79 Å². The van der Waals surface area contributed by atoms with Crippen LogP contribution < -0.4 is 11.5 Å². The zero-order valence-electron chi connectivity index (χ0n) is 11.7. The monoisotopic (exact) mass is 359 g/mol. The van der Waals surface area contributed by atoms with Crippen molar-refractivity contribution in [3.05, 3.63) is 20.8 Å². The fourth-order valence-electron chi connectivity index (χ4n) is 3.08. The number of primary amides is 1. The Hall–Kier alpha value is -0.430. The Morgan fingerprint density at radius 1 is 1.55 bits per heavy atom. The van der Waals surface area contributed by atoms with E-state index in [1.165, 1.54) is 17.7 Å². The molecule has 1 heterocycles. The third-order valence-electron chi connectivity index (χ3n) is 3.87. The number of carbonyl (C=O) groups is 1. The molecule has 2 atom stereocenters. The van der Waals surface area contributed by atoms with Gasteiger partial charge in [0.2, 0.25) is 5.91 Å². The summed E-state index contributed by atoms with van der Waals surface area (Å²) < 4.78 is 1.06. The Morgan fingerprint density at radius 2 is 2.20 bits per heavy atom. The lowest BCUT2D eigenvalue weighted by Gasteiger charge is -2.37. The third kappa shape index (κ3) is 3.81. The minimum Gasteiger partial charge on any atom is -0.369 e. The number of halogens is 1. The molecule has 1 amide bonds. The summed E-state index contributed by atoms with van der Waals surface area (Å²) >= 11 is 5.17. The second kappa shape index (κ2) is 7.02. The van der Waals surface area contributed by atoms with Gasteiger partial charge in [0, 0.05) is 26.8 Å². The van der Waals surface area contributed by atoms with E-state index in [9.17, 15) is 4.79 Å². The number of thiophene rings is 1. The average Bonchev–Trinajstić information content (AvgIpc) is 2.98. The van der Waals surface area contributed by atoms with Crippen molar-refractivity contribution >= 4 is 33.2 Å². The first-order valence-corrected chi connectivity index (χ1v) is 8.70. The highest BCUT2D eigenvalue weighted by molar-refractivity contribution is 9.10. The molecule has 2 unspecified atom stereocenters. The van der Waals surface area contributed by atoms with Crippen LogP contribution in [0.3, 0.4) is 0 Å². The summed E-state index contributed by atoms with van der Waals surface area (Å²) in [6, 6.07) is 2.53. The van der Waals surface area contributed by atoms with Gasteiger partial charge in [-0.1, -0.05) is 12.8 Å². The van der Waals surface area contributed by atoms with Crippen molar-refractivity contribution in [3.63, 3.8) is 0 Å². The Bertz CT molecular complexity index is 457. The number of carbonyl (C=O) groups excluding carboxylic acids is 1. The zero-order chi connectivity index (χ0) is 14.7. The maximum absolute atomic E-state index is 11.5. The van der Waals surface area contributed by atoms with Gasteiger partial charge in [-0.15, -0.1) is 11.3 Å². The number of hydrogen-bond donors (Lipinski definition) is 2. The van der Waals surface area contributed by atoms with Gasteiger partial charge >= 0.3 is 0 Å². The van der Waals surface area contributed by atoms with Gasteiger partial charge in [-0.25, -0.2) is 0 Å². The van der Waals surface area contributed by atoms with Crippen molar-refractivity contribution in [2.75, 3.05) is 6.54 Å². The summed E-state index contributed by atoms with van der Waals surface area (Å²) in [6.45, 7) is 2.29. The Balaban J connectivity index is 2.28. The van der Waals surface area contributed by atoms with Crippen molar-refractivity contribution in [2.45, 2.75) is 50.7 Å². The van der Waals surface area contributed by atoms with Crippen LogP contribution in [-0.2, 0) is 4.79 Å². The van der Waals surface area contributed by atoms with Gasteiger partial charge in [0.05, 0.1) is 12.6 Å². The van der Waals surface area contributed by atoms with Crippen LogP contribution >= 0.6 is 27.3 Å². The van der Waals surface area contributed by atoms with E-state index < -0.39 is 0 Å². The second-order valence-electron chi connectivity index (χ2n) is 5.55. The molecule has 0 saturated heterocycles. The standard InChI is InChI=1S/C14H22BrN3OS/c1-9(16)14(12-6-10(15)8-20-12)18(7-13(17)19)11-4-2-3-5-11/h6,8-9,11,14H,2-5,7,16H2,1H3,(H2,17,19). The third-order valence-corrected chi connectivity index (χ3v) is 5.63. The van der Waals surface area contributed by atoms with Crippen molar-refractivity contribution in [1.29, 1.82) is 0 Å². The molecule has 1 aromatic rings. The summed E-state index contributed by atoms with van der Waals surface area (Å²) in [5.41, 5.74) is 11.7. The van der Waals surface area contributed by atoms with Crippen LogP contribution in [-0.4, -0.2) is 29.4 Å². The highest BCUT2D eigenvalue weighted by atomic mass is 79.9. The lowest BCUT2D eigenvalue weighted by molar-refractivity contribution is -0.120. The molecule has 4 nitrogen and oxygen atoms in total. The molecule has 0 bridgehead atoms. The highest BCUT2D eigenvalue weighted by Crippen LogP contribution is 2.36. The zero-order valence-corrected chi connectivity index (χ0v) is 14.1. The maximum atomic E-state index is 11.5. The smallest absolute Gasteiger partial charge is 0.231 e. The van der Waals surface area contributed by atoms with Gasteiger partial charge < -0.3 is 11.5 Å². The average molecular weight is 360 g/mol. The van der Waals surface area contributed by atoms with Gasteiger partial charge in [-0.3, -0.25) is 9.69 Å². The Kier molecular flexibility index (Phi) is 5.60. The molecule has 112 valence electrons. The predicted octanol–water partition coefficient (Wildman–Crippen LogP) is 2.63. The van der Waals surface area contributed by atoms with Crippen LogP contribution in [0.15, 0.2) is 15.9 Å². The molecule has 0 spiro atoms. The lowest BCUT2D eigenvalue weighted by Crippen LogP contribution is -2.47. The number of nitrogens with two attached hydrogens (primary N) is 2. The first kappa shape index (κ1) is 15.9. The van der Waals surface area contributed by atoms with E-state index in [1.807, 2.05) is 6.92 Å². The van der Waals surface area contributed by atoms with Crippen LogP contribution in [0.5, 0.6) is 0 Å². The van der Waals surface area contributed by atoms with E-state index in [4.69, 9.17) is 11.5 Å². The fraction of sp³-hybridized carbons (Fsp3) is 0.643. The lowest BCUT2D eigenvalue weighted by atomic mass is 10.0. The molecule has 1 aromatic heterocycles. The molecule has 6 heteroatoms. The van der Waals surface area contributed by atoms with Crippen LogP contribution in [0.1, 0.15) is 43.5 Å². The van der Waals surface area contributed by atoms with Gasteiger partial charge in [-0.2, -0.15) is 0 Å². The van der Waals surface area contributed by atoms with Crippen LogP contribution in [0.2, 0.25) is 0 Å². The fourth-order valence-corrected chi connectivity index (χ4v) is 4.76. The van der Waals surface area contributed by atoms with E-state index in [1.54, 1.807) is 11.3 Å². The molecule has 0 radical (unpaired) electrons. The van der Waals surface area contributed by atoms with Gasteiger partial charge in [0.15, 0.2) is 0 Å². The molecule has 0 aliphatic heterocycles. The van der Waals surface area contributed by atoms with E-state index >= 15 is 0 Å². The molecule has 4 N–H and O–H groups in total. The van der Waals surface area contributed by atoms with Crippen molar-refractivity contribution in [2.24, 2.45) is 11.5 Å². The largest absolute Gasteiger partial charge is 0.369 e. The predicted molar refractivity (Wildman–Crippen MR) is 86.6 cm³/mol. The summed E-state index contributed by atoms with van der Waals surface area (Å²) in [6.07, 6.45) is 4.70. The van der Waals surface area contributed by atoms with E-state index in [-0.39, 0.29) is 24.5 Å². The first-order valence-electron chi connectivity index (χ1n) is 7.02. The highest BCUT2D eigenvalue weighted by Gasteiger charge is 2.33. The molecule has 1 fully saturated rings.